The minimum Gasteiger partial charge on any atom is -0.484 e. The van der Waals surface area contributed by atoms with Crippen LogP contribution in [-0.2, 0) is 6.61 Å². The van der Waals surface area contributed by atoms with Crippen molar-refractivity contribution in [2.24, 2.45) is 0 Å². The second-order valence-electron chi connectivity index (χ2n) is 3.84. The third kappa shape index (κ3) is 2.24. The quantitative estimate of drug-likeness (QED) is 0.728. The molecule has 0 N–H and O–H groups in total. The van der Waals surface area contributed by atoms with Crippen molar-refractivity contribution in [1.29, 1.82) is 0 Å². The second kappa shape index (κ2) is 4.82. The van der Waals surface area contributed by atoms with E-state index in [0.717, 1.165) is 27.0 Å². The minimum absolute atomic E-state index is 0.396. The van der Waals surface area contributed by atoms with E-state index >= 15 is 0 Å². The second-order valence-corrected chi connectivity index (χ2v) is 4.70. The summed E-state index contributed by atoms with van der Waals surface area (Å²) >= 11 is 3.50. The lowest BCUT2D eigenvalue weighted by Crippen LogP contribution is -1.93. The molecule has 0 aliphatic heterocycles. The zero-order valence-corrected chi connectivity index (χ0v) is 11.1. The first kappa shape index (κ1) is 11.3. The molecule has 0 aliphatic carbocycles. The smallest absolute Gasteiger partial charge is 0.146 e. The Bertz CT molecular complexity index is 664. The van der Waals surface area contributed by atoms with E-state index in [4.69, 9.17) is 9.15 Å². The van der Waals surface area contributed by atoms with Crippen molar-refractivity contribution in [3.8, 4) is 5.75 Å². The fraction of sp³-hybridized carbons (Fsp3) is 0.0714. The highest BCUT2D eigenvalue weighted by Gasteiger charge is 2.06. The van der Waals surface area contributed by atoms with Gasteiger partial charge in [0, 0.05) is 16.1 Å². The standard InChI is InChI=1S/C14H10BrNO2/c15-13-4-1-5-14-12(13)7-11(18-14)9-17-10-3-2-6-16-8-10/h1-8H,9H2. The Labute approximate surface area is 113 Å². The van der Waals surface area contributed by atoms with Gasteiger partial charge in [0.1, 0.15) is 23.7 Å². The van der Waals surface area contributed by atoms with Crippen LogP contribution in [0.1, 0.15) is 5.76 Å². The van der Waals surface area contributed by atoms with Crippen LogP contribution in [0.15, 0.2) is 57.7 Å². The summed E-state index contributed by atoms with van der Waals surface area (Å²) in [6, 6.07) is 11.6. The van der Waals surface area contributed by atoms with Gasteiger partial charge < -0.3 is 9.15 Å². The predicted octanol–water partition coefficient (Wildman–Crippen LogP) is 4.17. The maximum Gasteiger partial charge on any atom is 0.146 e. The summed E-state index contributed by atoms with van der Waals surface area (Å²) in [5.74, 6) is 1.53. The van der Waals surface area contributed by atoms with Crippen molar-refractivity contribution in [3.63, 3.8) is 0 Å². The van der Waals surface area contributed by atoms with E-state index in [1.165, 1.54) is 0 Å². The maximum absolute atomic E-state index is 5.70. The van der Waals surface area contributed by atoms with Gasteiger partial charge in [0.15, 0.2) is 0 Å². The topological polar surface area (TPSA) is 35.3 Å². The number of ether oxygens (including phenoxy) is 1. The van der Waals surface area contributed by atoms with E-state index in [9.17, 15) is 0 Å². The summed E-state index contributed by atoms with van der Waals surface area (Å²) in [7, 11) is 0. The molecule has 0 atom stereocenters. The van der Waals surface area contributed by atoms with Crippen LogP contribution in [0.2, 0.25) is 0 Å². The summed E-state index contributed by atoms with van der Waals surface area (Å²) in [4.78, 5) is 3.99. The lowest BCUT2D eigenvalue weighted by Gasteiger charge is -2.01. The molecular formula is C14H10BrNO2. The van der Waals surface area contributed by atoms with Crippen LogP contribution in [0.4, 0.5) is 0 Å². The molecule has 0 radical (unpaired) electrons. The summed E-state index contributed by atoms with van der Waals surface area (Å²) < 4.78 is 12.3. The largest absolute Gasteiger partial charge is 0.484 e. The molecule has 2 heterocycles. The molecule has 90 valence electrons. The zero-order valence-electron chi connectivity index (χ0n) is 9.47. The van der Waals surface area contributed by atoms with E-state index < -0.39 is 0 Å². The van der Waals surface area contributed by atoms with Crippen LogP contribution in [-0.4, -0.2) is 4.98 Å². The molecule has 0 unspecified atom stereocenters. The number of hydrogen-bond acceptors (Lipinski definition) is 3. The molecule has 3 aromatic rings. The summed E-state index contributed by atoms with van der Waals surface area (Å²) in [5.41, 5.74) is 0.856. The van der Waals surface area contributed by atoms with Crippen molar-refractivity contribution in [2.45, 2.75) is 6.61 Å². The summed E-state index contributed by atoms with van der Waals surface area (Å²) in [6.45, 7) is 0.396. The molecular weight excluding hydrogens is 294 g/mol. The van der Waals surface area contributed by atoms with Gasteiger partial charge >= 0.3 is 0 Å². The minimum atomic E-state index is 0.396. The van der Waals surface area contributed by atoms with E-state index in [0.29, 0.717) is 6.61 Å². The zero-order chi connectivity index (χ0) is 12.4. The van der Waals surface area contributed by atoms with Crippen LogP contribution >= 0.6 is 15.9 Å². The first-order chi connectivity index (χ1) is 8.83. The fourth-order valence-corrected chi connectivity index (χ4v) is 2.20. The van der Waals surface area contributed by atoms with Gasteiger partial charge in [0.25, 0.3) is 0 Å². The Morgan fingerprint density at radius 3 is 2.94 bits per heavy atom. The number of nitrogens with zero attached hydrogens (tertiary/aromatic N) is 1. The highest BCUT2D eigenvalue weighted by Crippen LogP contribution is 2.27. The molecule has 3 nitrogen and oxygen atoms in total. The molecule has 3 rings (SSSR count). The SMILES string of the molecule is Brc1cccc2oc(COc3cccnc3)cc12. The number of rotatable bonds is 3. The van der Waals surface area contributed by atoms with E-state index in [1.54, 1.807) is 12.4 Å². The predicted molar refractivity (Wildman–Crippen MR) is 72.5 cm³/mol. The molecule has 4 heteroatoms. The summed E-state index contributed by atoms with van der Waals surface area (Å²) in [5, 5.41) is 1.06. The van der Waals surface area contributed by atoms with Crippen molar-refractivity contribution in [1.82, 2.24) is 4.98 Å². The van der Waals surface area contributed by atoms with Gasteiger partial charge in [0.05, 0.1) is 6.20 Å². The Balaban J connectivity index is 1.81. The number of aromatic nitrogens is 1. The number of fused-ring (bicyclic) bond motifs is 1. The van der Waals surface area contributed by atoms with Crippen LogP contribution in [0.5, 0.6) is 5.75 Å². The Kier molecular flexibility index (Phi) is 3.02. The Hall–Kier alpha value is -1.81. The van der Waals surface area contributed by atoms with E-state index in [1.807, 2.05) is 36.4 Å². The van der Waals surface area contributed by atoms with E-state index in [-0.39, 0.29) is 0 Å². The molecule has 0 spiro atoms. The first-order valence-corrected chi connectivity index (χ1v) is 6.32. The van der Waals surface area contributed by atoms with Gasteiger partial charge in [-0.15, -0.1) is 0 Å². The first-order valence-electron chi connectivity index (χ1n) is 5.53. The monoisotopic (exact) mass is 303 g/mol. The van der Waals surface area contributed by atoms with Gasteiger partial charge in [-0.25, -0.2) is 0 Å². The Morgan fingerprint density at radius 2 is 2.17 bits per heavy atom. The third-order valence-corrected chi connectivity index (χ3v) is 3.27. The van der Waals surface area contributed by atoms with Crippen LogP contribution in [0, 0.1) is 0 Å². The van der Waals surface area contributed by atoms with Gasteiger partial charge in [-0.1, -0.05) is 22.0 Å². The van der Waals surface area contributed by atoms with Gasteiger partial charge in [-0.3, -0.25) is 4.98 Å². The molecule has 18 heavy (non-hydrogen) atoms. The molecule has 0 saturated heterocycles. The maximum atomic E-state index is 5.70. The van der Waals surface area contributed by atoms with Crippen LogP contribution in [0.25, 0.3) is 11.0 Å². The lowest BCUT2D eigenvalue weighted by atomic mass is 10.2. The summed E-state index contributed by atoms with van der Waals surface area (Å²) in [6.07, 6.45) is 3.39. The van der Waals surface area contributed by atoms with Crippen LogP contribution < -0.4 is 4.74 Å². The van der Waals surface area contributed by atoms with Gasteiger partial charge in [0.2, 0.25) is 0 Å². The van der Waals surface area contributed by atoms with Crippen LogP contribution in [0.3, 0.4) is 0 Å². The molecule has 0 saturated carbocycles. The van der Waals surface area contributed by atoms with Gasteiger partial charge in [-0.05, 0) is 30.3 Å². The number of pyridine rings is 1. The molecule has 0 aliphatic rings. The third-order valence-electron chi connectivity index (χ3n) is 2.57. The van der Waals surface area contributed by atoms with Gasteiger partial charge in [-0.2, -0.15) is 0 Å². The normalized spacial score (nSPS) is 10.7. The number of furan rings is 1. The highest BCUT2D eigenvalue weighted by atomic mass is 79.9. The van der Waals surface area contributed by atoms with Crippen molar-refractivity contribution in [3.05, 3.63) is 59.0 Å². The molecule has 0 amide bonds. The average Bonchev–Trinajstić information content (AvgIpc) is 2.82. The molecule has 0 fully saturated rings. The highest BCUT2D eigenvalue weighted by molar-refractivity contribution is 9.10. The van der Waals surface area contributed by atoms with E-state index in [2.05, 4.69) is 20.9 Å². The number of benzene rings is 1. The van der Waals surface area contributed by atoms with Crippen molar-refractivity contribution >= 4 is 26.9 Å². The number of hydrogen-bond donors (Lipinski definition) is 0. The molecule has 2 aromatic heterocycles. The average molecular weight is 304 g/mol. The molecule has 1 aromatic carbocycles. The Morgan fingerprint density at radius 1 is 1.22 bits per heavy atom. The molecule has 0 bridgehead atoms. The number of halogens is 1. The fourth-order valence-electron chi connectivity index (χ4n) is 1.74. The lowest BCUT2D eigenvalue weighted by molar-refractivity contribution is 0.273. The van der Waals surface area contributed by atoms with Crippen molar-refractivity contribution in [2.75, 3.05) is 0 Å². The van der Waals surface area contributed by atoms with Crippen molar-refractivity contribution < 1.29 is 9.15 Å².